The maximum absolute atomic E-state index is 11.6. The molecule has 2 aromatic rings. The van der Waals surface area contributed by atoms with Crippen molar-refractivity contribution < 1.29 is 30.5 Å². The van der Waals surface area contributed by atoms with Crippen LogP contribution in [0.1, 0.15) is 32.3 Å². The Bertz CT molecular complexity index is 1270. The Labute approximate surface area is 188 Å². The fraction of sp³-hybridized carbons (Fsp3) is 0.318. The van der Waals surface area contributed by atoms with Gasteiger partial charge in [-0.25, -0.2) is 16.8 Å². The van der Waals surface area contributed by atoms with Gasteiger partial charge in [-0.05, 0) is 51.0 Å². The second-order valence-electron chi connectivity index (χ2n) is 7.80. The largest absolute Gasteiger partial charge is 0.748 e. The van der Waals surface area contributed by atoms with Gasteiger partial charge in [0.15, 0.2) is 5.71 Å². The predicted molar refractivity (Wildman–Crippen MR) is 120 cm³/mol. The van der Waals surface area contributed by atoms with Crippen LogP contribution in [0.2, 0.25) is 0 Å². The molecule has 0 fully saturated rings. The zero-order valence-electron chi connectivity index (χ0n) is 17.8. The van der Waals surface area contributed by atoms with Crippen molar-refractivity contribution in [2.75, 3.05) is 17.6 Å². The number of rotatable bonds is 9. The Morgan fingerprint density at radius 3 is 2.34 bits per heavy atom. The van der Waals surface area contributed by atoms with Crippen LogP contribution in [0.25, 0.3) is 0 Å². The molecular weight excluding hydrogens is 452 g/mol. The molecule has 0 spiro atoms. The first-order valence-electron chi connectivity index (χ1n) is 10.1. The minimum Gasteiger partial charge on any atom is -0.748 e. The standard InChI is InChI=1S/C22H26N2O6S2/c1-3-24-20-11-10-18(32(28,29)30)16-19(20)22(2,13-7-15-31(25,26)27)21(24)12-14-23-17-8-5-4-6-9-17/h4-6,8-12,14,16H,3,7,13,15H2,1-2H3,(H2,25,26,27,28,29,30)/p-1. The Morgan fingerprint density at radius 1 is 1.06 bits per heavy atom. The lowest BCUT2D eigenvalue weighted by Crippen LogP contribution is -2.32. The van der Waals surface area contributed by atoms with E-state index in [-0.39, 0.29) is 17.7 Å². The monoisotopic (exact) mass is 477 g/mol. The summed E-state index contributed by atoms with van der Waals surface area (Å²) < 4.78 is 70.3. The number of fused-ring (bicyclic) bond motifs is 1. The summed E-state index contributed by atoms with van der Waals surface area (Å²) in [5.74, 6) is -0.525. The van der Waals surface area contributed by atoms with Gasteiger partial charge in [0.05, 0.1) is 20.4 Å². The molecule has 8 nitrogen and oxygen atoms in total. The number of nitrogens with zero attached hydrogens (tertiary/aromatic N) is 1. The first kappa shape index (κ1) is 24.1. The highest BCUT2D eigenvalue weighted by atomic mass is 32.2. The highest BCUT2D eigenvalue weighted by molar-refractivity contribution is 7.86. The minimum atomic E-state index is -4.67. The van der Waals surface area contributed by atoms with Crippen molar-refractivity contribution >= 4 is 37.3 Å². The maximum atomic E-state index is 11.6. The van der Waals surface area contributed by atoms with Crippen molar-refractivity contribution in [3.63, 3.8) is 0 Å². The lowest BCUT2D eigenvalue weighted by molar-refractivity contribution is -0.433. The van der Waals surface area contributed by atoms with E-state index < -0.39 is 31.4 Å². The smallest absolute Gasteiger partial charge is 0.209 e. The molecule has 1 N–H and O–H groups in total. The number of benzene rings is 2. The van der Waals surface area contributed by atoms with Gasteiger partial charge in [-0.1, -0.05) is 18.2 Å². The quantitative estimate of drug-likeness (QED) is 0.434. The van der Waals surface area contributed by atoms with Crippen molar-refractivity contribution in [1.29, 1.82) is 0 Å². The summed E-state index contributed by atoms with van der Waals surface area (Å²) >= 11 is 0. The van der Waals surface area contributed by atoms with E-state index in [4.69, 9.17) is 0 Å². The van der Waals surface area contributed by atoms with Crippen molar-refractivity contribution in [1.82, 2.24) is 0 Å². The third kappa shape index (κ3) is 5.26. The molecule has 1 heterocycles. The van der Waals surface area contributed by atoms with Crippen LogP contribution in [0.4, 0.5) is 11.4 Å². The summed E-state index contributed by atoms with van der Waals surface area (Å²) in [5, 5.41) is 3.18. The van der Waals surface area contributed by atoms with Crippen LogP contribution >= 0.6 is 0 Å². The van der Waals surface area contributed by atoms with Gasteiger partial charge in [-0.15, -0.1) is 0 Å². The molecule has 1 atom stereocenters. The summed E-state index contributed by atoms with van der Waals surface area (Å²) in [6, 6.07) is 13.7. The molecule has 0 aromatic heterocycles. The summed E-state index contributed by atoms with van der Waals surface area (Å²) in [6.45, 7) is 4.37. The van der Waals surface area contributed by atoms with Gasteiger partial charge in [-0.3, -0.25) is 0 Å². The van der Waals surface area contributed by atoms with Gasteiger partial charge in [0, 0.05) is 35.3 Å². The molecular formula is C22H25N2O6S2-. The van der Waals surface area contributed by atoms with Crippen LogP contribution in [0.5, 0.6) is 0 Å². The second-order valence-corrected chi connectivity index (χ2v) is 10.7. The lowest BCUT2D eigenvalue weighted by Gasteiger charge is -2.23. The molecule has 32 heavy (non-hydrogen) atoms. The molecule has 0 amide bonds. The van der Waals surface area contributed by atoms with Crippen LogP contribution in [-0.4, -0.2) is 48.5 Å². The van der Waals surface area contributed by atoms with Crippen LogP contribution in [0.15, 0.2) is 65.7 Å². The fourth-order valence-corrected chi connectivity index (χ4v) is 5.14. The van der Waals surface area contributed by atoms with Crippen LogP contribution in [-0.2, 0) is 25.7 Å². The first-order chi connectivity index (χ1) is 15.0. The normalized spacial score (nSPS) is 18.9. The van der Waals surface area contributed by atoms with E-state index in [9.17, 15) is 25.9 Å². The Morgan fingerprint density at radius 2 is 1.75 bits per heavy atom. The van der Waals surface area contributed by atoms with E-state index in [1.807, 2.05) is 54.8 Å². The molecule has 1 aliphatic rings. The summed E-state index contributed by atoms with van der Waals surface area (Å²) in [6.07, 6.45) is 3.99. The molecule has 1 unspecified atom stereocenters. The molecule has 0 bridgehead atoms. The number of allylic oxidation sites excluding steroid dienone is 1. The Balaban J connectivity index is 2.05. The number of nitrogens with one attached hydrogen (secondary N) is 1. The van der Waals surface area contributed by atoms with E-state index in [2.05, 4.69) is 5.32 Å². The first-order valence-corrected chi connectivity index (χ1v) is 13.1. The van der Waals surface area contributed by atoms with E-state index >= 15 is 0 Å². The summed E-state index contributed by atoms with van der Waals surface area (Å²) in [5.41, 5.74) is 2.24. The third-order valence-corrected chi connectivity index (χ3v) is 7.27. The van der Waals surface area contributed by atoms with Crippen LogP contribution in [0.3, 0.4) is 0 Å². The van der Waals surface area contributed by atoms with Crippen molar-refractivity contribution in [2.45, 2.75) is 37.0 Å². The van der Waals surface area contributed by atoms with Crippen molar-refractivity contribution in [3.8, 4) is 0 Å². The topological polar surface area (TPSA) is 129 Å². The minimum absolute atomic E-state index is 0.0944. The van der Waals surface area contributed by atoms with Gasteiger partial charge in [0.1, 0.15) is 16.7 Å². The van der Waals surface area contributed by atoms with Gasteiger partial charge < -0.3 is 14.4 Å². The van der Waals surface area contributed by atoms with E-state index in [1.165, 1.54) is 12.1 Å². The van der Waals surface area contributed by atoms with Crippen LogP contribution in [0, 0.1) is 0 Å². The predicted octanol–water partition coefficient (Wildman–Crippen LogP) is 2.92. The third-order valence-electron chi connectivity index (χ3n) is 5.65. The molecule has 0 saturated carbocycles. The zero-order chi connectivity index (χ0) is 23.6. The molecule has 1 aliphatic heterocycles. The zero-order valence-corrected chi connectivity index (χ0v) is 19.4. The molecule has 10 heteroatoms. The van der Waals surface area contributed by atoms with Gasteiger partial charge >= 0.3 is 0 Å². The number of anilines is 1. The van der Waals surface area contributed by atoms with Crippen molar-refractivity contribution in [2.24, 2.45) is 0 Å². The van der Waals surface area contributed by atoms with Gasteiger partial charge in [0.2, 0.25) is 5.69 Å². The Kier molecular flexibility index (Phi) is 6.89. The summed E-state index contributed by atoms with van der Waals surface area (Å²) in [7, 11) is -9.06. The van der Waals surface area contributed by atoms with E-state index in [0.29, 0.717) is 12.1 Å². The fourth-order valence-electron chi connectivity index (χ4n) is 4.14. The van der Waals surface area contributed by atoms with Gasteiger partial charge in [-0.2, -0.15) is 4.58 Å². The van der Waals surface area contributed by atoms with Gasteiger partial charge in [0.25, 0.3) is 0 Å². The van der Waals surface area contributed by atoms with E-state index in [1.54, 1.807) is 12.3 Å². The summed E-state index contributed by atoms with van der Waals surface area (Å²) in [4.78, 5) is -0.345. The second kappa shape index (κ2) is 9.14. The number of hydrogen-bond donors (Lipinski definition) is 1. The molecule has 0 saturated heterocycles. The average molecular weight is 478 g/mol. The molecule has 0 aliphatic carbocycles. The maximum Gasteiger partial charge on any atom is 0.209 e. The molecule has 2 aromatic carbocycles. The van der Waals surface area contributed by atoms with E-state index in [0.717, 1.165) is 17.1 Å². The van der Waals surface area contributed by atoms with Crippen LogP contribution < -0.4 is 5.32 Å². The lowest BCUT2D eigenvalue weighted by atomic mass is 9.76. The molecule has 172 valence electrons. The number of para-hydroxylation sites is 1. The molecule has 0 radical (unpaired) electrons. The van der Waals surface area contributed by atoms with Crippen molar-refractivity contribution in [3.05, 3.63) is 66.4 Å². The SMILES string of the molecule is CC[N+]1=C(/C=C/Nc2ccccc2)C(C)(CCCS(=O)(=O)[O-])c2cc(S(=O)(=O)[O-])ccc21. The highest BCUT2D eigenvalue weighted by Crippen LogP contribution is 2.44. The number of hydrogen-bond acceptors (Lipinski definition) is 7. The Hall–Kier alpha value is -2.53. The highest BCUT2D eigenvalue weighted by Gasteiger charge is 2.47. The average Bonchev–Trinajstić information content (AvgIpc) is 2.95. The molecule has 3 rings (SSSR count).